The topological polar surface area (TPSA) is 125 Å². The summed E-state index contributed by atoms with van der Waals surface area (Å²) in [4.78, 5) is -0.339. The molecule has 0 saturated carbocycles. The Hall–Kier alpha value is -4.01. The fourth-order valence-electron chi connectivity index (χ4n) is 3.02. The number of hydrogen-bond acceptors (Lipinski definition) is 6. The lowest BCUT2D eigenvalue weighted by atomic mass is 10.1. The Labute approximate surface area is 185 Å². The van der Waals surface area contributed by atoms with Crippen LogP contribution in [0.3, 0.4) is 0 Å². The fourth-order valence-corrected chi connectivity index (χ4v) is 3.66. The highest BCUT2D eigenvalue weighted by atomic mass is 32.2. The second-order valence-corrected chi connectivity index (χ2v) is 8.39. The highest BCUT2D eigenvalue weighted by Gasteiger charge is 2.19. The van der Waals surface area contributed by atoms with E-state index in [0.717, 1.165) is 5.56 Å². The molecule has 0 aliphatic carbocycles. The molecule has 0 aromatic heterocycles. The zero-order valence-corrected chi connectivity index (χ0v) is 17.6. The van der Waals surface area contributed by atoms with Gasteiger partial charge in [-0.05, 0) is 83.9 Å². The van der Waals surface area contributed by atoms with Crippen molar-refractivity contribution in [2.75, 3.05) is 11.5 Å². The standard InChI is InChI=1S/C24H20N2O5S/c25-18-4-10-21(11-5-18)30-20-8-1-16(2-9-20)17-3-14-23(24(15-17)32(27,28)29)31-22-12-6-19(26)7-13-22/h1-15H,25-26H2,(H,27,28,29). The second-order valence-electron chi connectivity index (χ2n) is 7.00. The molecule has 0 aliphatic heterocycles. The van der Waals surface area contributed by atoms with E-state index in [1.807, 2.05) is 0 Å². The van der Waals surface area contributed by atoms with Crippen LogP contribution in [0.4, 0.5) is 11.4 Å². The number of benzene rings is 4. The molecule has 5 N–H and O–H groups in total. The third kappa shape index (κ3) is 5.00. The van der Waals surface area contributed by atoms with Crippen molar-refractivity contribution in [3.63, 3.8) is 0 Å². The van der Waals surface area contributed by atoms with E-state index in [1.165, 1.54) is 12.1 Å². The number of rotatable bonds is 6. The number of anilines is 2. The van der Waals surface area contributed by atoms with Gasteiger partial charge in [0.05, 0.1) is 0 Å². The summed E-state index contributed by atoms with van der Waals surface area (Å²) in [5.41, 5.74) is 13.8. The number of hydrogen-bond donors (Lipinski definition) is 3. The Morgan fingerprint density at radius 1 is 0.594 bits per heavy atom. The predicted molar refractivity (Wildman–Crippen MR) is 124 cm³/mol. The second kappa shape index (κ2) is 8.62. The lowest BCUT2D eigenvalue weighted by Crippen LogP contribution is -2.01. The monoisotopic (exact) mass is 448 g/mol. The van der Waals surface area contributed by atoms with Crippen molar-refractivity contribution in [2.24, 2.45) is 0 Å². The molecule has 0 heterocycles. The summed E-state index contributed by atoms with van der Waals surface area (Å²) in [5, 5.41) is 0. The smallest absolute Gasteiger partial charge is 0.298 e. The summed E-state index contributed by atoms with van der Waals surface area (Å²) in [6.07, 6.45) is 0. The van der Waals surface area contributed by atoms with E-state index in [1.54, 1.807) is 78.9 Å². The van der Waals surface area contributed by atoms with Crippen LogP contribution < -0.4 is 20.9 Å². The number of nitrogens with two attached hydrogens (primary N) is 2. The van der Waals surface area contributed by atoms with Gasteiger partial charge in [0.25, 0.3) is 10.1 Å². The molecule has 0 aliphatic rings. The van der Waals surface area contributed by atoms with Crippen LogP contribution in [0.15, 0.2) is 95.9 Å². The van der Waals surface area contributed by atoms with Crippen LogP contribution in [-0.2, 0) is 10.1 Å². The van der Waals surface area contributed by atoms with Crippen LogP contribution in [0, 0.1) is 0 Å². The number of nitrogen functional groups attached to an aromatic ring is 2. The van der Waals surface area contributed by atoms with Crippen LogP contribution in [0.25, 0.3) is 11.1 Å². The maximum absolute atomic E-state index is 12.0. The first-order valence-corrected chi connectivity index (χ1v) is 11.0. The van der Waals surface area contributed by atoms with Crippen molar-refractivity contribution in [3.05, 3.63) is 91.0 Å². The quantitative estimate of drug-likeness (QED) is 0.268. The van der Waals surface area contributed by atoms with Gasteiger partial charge in [-0.15, -0.1) is 0 Å². The van der Waals surface area contributed by atoms with E-state index in [4.69, 9.17) is 20.9 Å². The Morgan fingerprint density at radius 3 is 1.53 bits per heavy atom. The van der Waals surface area contributed by atoms with Crippen molar-refractivity contribution < 1.29 is 22.4 Å². The first-order valence-electron chi connectivity index (χ1n) is 9.57. The van der Waals surface area contributed by atoms with Crippen molar-refractivity contribution in [2.45, 2.75) is 4.90 Å². The van der Waals surface area contributed by atoms with Crippen molar-refractivity contribution >= 4 is 21.5 Å². The molecule has 32 heavy (non-hydrogen) atoms. The van der Waals surface area contributed by atoms with Gasteiger partial charge in [-0.3, -0.25) is 4.55 Å². The molecule has 4 aromatic rings. The molecule has 0 amide bonds. The Morgan fingerprint density at radius 2 is 1.03 bits per heavy atom. The van der Waals surface area contributed by atoms with Crippen LogP contribution >= 0.6 is 0 Å². The summed E-state index contributed by atoms with van der Waals surface area (Å²) in [6.45, 7) is 0. The lowest BCUT2D eigenvalue weighted by Gasteiger charge is -2.12. The SMILES string of the molecule is Nc1ccc(Oc2ccc(-c3ccc(Oc4ccc(N)cc4)c(S(=O)(=O)O)c3)cc2)cc1. The summed E-state index contributed by atoms with van der Waals surface area (Å²) >= 11 is 0. The molecule has 0 spiro atoms. The minimum Gasteiger partial charge on any atom is -0.457 e. The highest BCUT2D eigenvalue weighted by molar-refractivity contribution is 7.86. The Kier molecular flexibility index (Phi) is 5.72. The minimum atomic E-state index is -4.53. The van der Waals surface area contributed by atoms with E-state index >= 15 is 0 Å². The fraction of sp³-hybridized carbons (Fsp3) is 0. The molecule has 8 heteroatoms. The molecule has 0 unspecified atom stereocenters. The Bertz CT molecular complexity index is 1340. The van der Waals surface area contributed by atoms with Gasteiger partial charge in [0.15, 0.2) is 0 Å². The zero-order chi connectivity index (χ0) is 22.7. The average Bonchev–Trinajstić information content (AvgIpc) is 2.77. The normalized spacial score (nSPS) is 11.2. The predicted octanol–water partition coefficient (Wildman–Crippen LogP) is 5.35. The van der Waals surface area contributed by atoms with Gasteiger partial charge >= 0.3 is 0 Å². The molecule has 7 nitrogen and oxygen atoms in total. The van der Waals surface area contributed by atoms with Gasteiger partial charge in [0.1, 0.15) is 27.9 Å². The molecule has 0 radical (unpaired) electrons. The third-order valence-corrected chi connectivity index (χ3v) is 5.51. The molecule has 0 fully saturated rings. The van der Waals surface area contributed by atoms with Gasteiger partial charge in [0, 0.05) is 11.4 Å². The van der Waals surface area contributed by atoms with Gasteiger partial charge in [-0.1, -0.05) is 18.2 Å². The zero-order valence-electron chi connectivity index (χ0n) is 16.8. The first kappa shape index (κ1) is 21.2. The molecule has 0 saturated heterocycles. The summed E-state index contributed by atoms with van der Waals surface area (Å²) in [7, 11) is -4.53. The largest absolute Gasteiger partial charge is 0.457 e. The highest BCUT2D eigenvalue weighted by Crippen LogP contribution is 2.34. The van der Waals surface area contributed by atoms with E-state index in [9.17, 15) is 13.0 Å². The minimum absolute atomic E-state index is 0.00401. The van der Waals surface area contributed by atoms with Gasteiger partial charge in [-0.25, -0.2) is 0 Å². The van der Waals surface area contributed by atoms with Crippen LogP contribution in [0.5, 0.6) is 23.0 Å². The molecule has 0 atom stereocenters. The molecular formula is C24H20N2O5S. The Balaban J connectivity index is 1.60. The third-order valence-electron chi connectivity index (χ3n) is 4.63. The van der Waals surface area contributed by atoms with E-state index < -0.39 is 10.1 Å². The van der Waals surface area contributed by atoms with Gasteiger partial charge in [0.2, 0.25) is 0 Å². The molecule has 4 rings (SSSR count). The van der Waals surface area contributed by atoms with Gasteiger partial charge < -0.3 is 20.9 Å². The average molecular weight is 449 g/mol. The molecule has 0 bridgehead atoms. The number of ether oxygens (including phenoxy) is 2. The first-order chi connectivity index (χ1) is 15.3. The molecule has 162 valence electrons. The molecular weight excluding hydrogens is 428 g/mol. The maximum atomic E-state index is 12.0. The van der Waals surface area contributed by atoms with Crippen molar-refractivity contribution in [3.8, 4) is 34.1 Å². The van der Waals surface area contributed by atoms with Crippen molar-refractivity contribution in [1.82, 2.24) is 0 Å². The summed E-state index contributed by atoms with van der Waals surface area (Å²) < 4.78 is 45.1. The van der Waals surface area contributed by atoms with Crippen LogP contribution in [0.1, 0.15) is 0 Å². The van der Waals surface area contributed by atoms with Gasteiger partial charge in [-0.2, -0.15) is 8.42 Å². The maximum Gasteiger partial charge on any atom is 0.298 e. The summed E-state index contributed by atoms with van der Waals surface area (Å²) in [5.74, 6) is 1.65. The van der Waals surface area contributed by atoms with Crippen molar-refractivity contribution in [1.29, 1.82) is 0 Å². The molecule has 4 aromatic carbocycles. The summed E-state index contributed by atoms with van der Waals surface area (Å²) in [6, 6.07) is 25.2. The van der Waals surface area contributed by atoms with E-state index in [2.05, 4.69) is 0 Å². The van der Waals surface area contributed by atoms with Crippen LogP contribution in [0.2, 0.25) is 0 Å². The van der Waals surface area contributed by atoms with E-state index in [0.29, 0.717) is 34.2 Å². The van der Waals surface area contributed by atoms with Crippen LogP contribution in [-0.4, -0.2) is 13.0 Å². The van der Waals surface area contributed by atoms with E-state index in [-0.39, 0.29) is 10.6 Å². The lowest BCUT2D eigenvalue weighted by molar-refractivity contribution is 0.450.